The third-order valence-electron chi connectivity index (χ3n) is 2.37. The SMILES string of the molecule is Br/C(=C\c1nc2ccccc2s1)c1ccc(Br)o1. The van der Waals surface area contributed by atoms with E-state index < -0.39 is 0 Å². The van der Waals surface area contributed by atoms with Crippen LogP contribution in [0.1, 0.15) is 10.8 Å². The van der Waals surface area contributed by atoms with E-state index in [1.807, 2.05) is 36.4 Å². The summed E-state index contributed by atoms with van der Waals surface area (Å²) in [7, 11) is 0. The molecule has 5 heteroatoms. The molecule has 0 spiro atoms. The second-order valence-corrected chi connectivity index (χ2v) is 6.31. The Balaban J connectivity index is 2.00. The van der Waals surface area contributed by atoms with Gasteiger partial charge in [0.25, 0.3) is 0 Å². The Bertz CT molecular complexity index is 696. The highest BCUT2D eigenvalue weighted by Crippen LogP contribution is 2.30. The van der Waals surface area contributed by atoms with E-state index >= 15 is 0 Å². The number of benzene rings is 1. The summed E-state index contributed by atoms with van der Waals surface area (Å²) >= 11 is 8.45. The molecule has 1 aromatic carbocycles. The molecule has 0 aliphatic heterocycles. The first kappa shape index (κ1) is 12.1. The van der Waals surface area contributed by atoms with E-state index in [1.165, 1.54) is 4.70 Å². The van der Waals surface area contributed by atoms with Crippen LogP contribution in [0.25, 0.3) is 20.8 Å². The smallest absolute Gasteiger partial charge is 0.169 e. The van der Waals surface area contributed by atoms with Crippen LogP contribution < -0.4 is 0 Å². The molecular weight excluding hydrogens is 378 g/mol. The molecule has 90 valence electrons. The number of aromatic nitrogens is 1. The predicted molar refractivity (Wildman–Crippen MR) is 82.8 cm³/mol. The normalized spacial score (nSPS) is 12.2. The minimum atomic E-state index is 0.715. The van der Waals surface area contributed by atoms with Crippen molar-refractivity contribution in [2.75, 3.05) is 0 Å². The summed E-state index contributed by atoms with van der Waals surface area (Å²) in [5.41, 5.74) is 1.02. The summed E-state index contributed by atoms with van der Waals surface area (Å²) in [5, 5.41) is 0.954. The molecule has 18 heavy (non-hydrogen) atoms. The second kappa shape index (κ2) is 4.99. The van der Waals surface area contributed by atoms with E-state index in [9.17, 15) is 0 Å². The van der Waals surface area contributed by atoms with E-state index in [0.717, 1.165) is 20.8 Å². The van der Waals surface area contributed by atoms with E-state index in [4.69, 9.17) is 4.42 Å². The molecule has 0 bridgehead atoms. The van der Waals surface area contributed by atoms with Gasteiger partial charge in [-0.25, -0.2) is 4.98 Å². The van der Waals surface area contributed by atoms with Gasteiger partial charge in [-0.05, 0) is 62.2 Å². The van der Waals surface area contributed by atoms with Crippen molar-refractivity contribution in [2.24, 2.45) is 0 Å². The van der Waals surface area contributed by atoms with E-state index in [0.29, 0.717) is 4.67 Å². The fraction of sp³-hybridized carbons (Fsp3) is 0. The van der Waals surface area contributed by atoms with Crippen molar-refractivity contribution >= 4 is 64.0 Å². The molecule has 0 amide bonds. The Morgan fingerprint density at radius 1 is 1.22 bits per heavy atom. The minimum absolute atomic E-state index is 0.715. The van der Waals surface area contributed by atoms with Crippen LogP contribution >= 0.6 is 43.2 Å². The highest BCUT2D eigenvalue weighted by molar-refractivity contribution is 9.15. The van der Waals surface area contributed by atoms with Crippen LogP contribution in [0.2, 0.25) is 0 Å². The van der Waals surface area contributed by atoms with Gasteiger partial charge in [0.05, 0.1) is 14.7 Å². The molecule has 0 fully saturated rings. The van der Waals surface area contributed by atoms with Crippen molar-refractivity contribution in [2.45, 2.75) is 0 Å². The Hall–Kier alpha value is -0.910. The van der Waals surface area contributed by atoms with Crippen molar-refractivity contribution in [1.82, 2.24) is 4.98 Å². The largest absolute Gasteiger partial charge is 0.449 e. The molecule has 2 aromatic heterocycles. The Morgan fingerprint density at radius 3 is 2.78 bits per heavy atom. The molecule has 3 rings (SSSR count). The lowest BCUT2D eigenvalue weighted by Crippen LogP contribution is -1.72. The van der Waals surface area contributed by atoms with E-state index in [2.05, 4.69) is 42.9 Å². The maximum Gasteiger partial charge on any atom is 0.169 e. The molecule has 2 nitrogen and oxygen atoms in total. The lowest BCUT2D eigenvalue weighted by atomic mass is 10.3. The Morgan fingerprint density at radius 2 is 2.06 bits per heavy atom. The van der Waals surface area contributed by atoms with Crippen molar-refractivity contribution < 1.29 is 4.42 Å². The standard InChI is InChI=1S/C13H7Br2NOS/c14-8(10-5-6-12(15)17-10)7-13-16-9-3-1-2-4-11(9)18-13/h1-7H/b8-7-. The number of hydrogen-bond donors (Lipinski definition) is 0. The predicted octanol–water partition coefficient (Wildman–Crippen LogP) is 5.54. The molecule has 0 aliphatic carbocycles. The molecule has 0 atom stereocenters. The van der Waals surface area contributed by atoms with Gasteiger partial charge in [0.1, 0.15) is 10.8 Å². The molecular formula is C13H7Br2NOS. The zero-order valence-electron chi connectivity index (χ0n) is 9.06. The summed E-state index contributed by atoms with van der Waals surface area (Å²) in [6.07, 6.45) is 1.97. The monoisotopic (exact) mass is 383 g/mol. The number of thiazole rings is 1. The topological polar surface area (TPSA) is 26.0 Å². The Labute approximate surface area is 125 Å². The lowest BCUT2D eigenvalue weighted by molar-refractivity contribution is 0.531. The van der Waals surface area contributed by atoms with Crippen LogP contribution in [0.3, 0.4) is 0 Å². The van der Waals surface area contributed by atoms with Crippen molar-refractivity contribution in [3.05, 3.63) is 51.8 Å². The average Bonchev–Trinajstić information content (AvgIpc) is 2.94. The first-order chi connectivity index (χ1) is 8.72. The first-order valence-corrected chi connectivity index (χ1v) is 7.61. The maximum absolute atomic E-state index is 5.47. The van der Waals surface area contributed by atoms with Gasteiger partial charge in [-0.1, -0.05) is 12.1 Å². The number of fused-ring (bicyclic) bond motifs is 1. The minimum Gasteiger partial charge on any atom is -0.449 e. The zero-order chi connectivity index (χ0) is 12.5. The quantitative estimate of drug-likeness (QED) is 0.579. The molecule has 3 aromatic rings. The molecule has 2 heterocycles. The summed E-state index contributed by atoms with van der Waals surface area (Å²) < 4.78 is 8.25. The van der Waals surface area contributed by atoms with Gasteiger partial charge in [0, 0.05) is 0 Å². The van der Waals surface area contributed by atoms with Gasteiger partial charge in [0.15, 0.2) is 4.67 Å². The van der Waals surface area contributed by atoms with Crippen LogP contribution in [-0.4, -0.2) is 4.98 Å². The van der Waals surface area contributed by atoms with Crippen LogP contribution in [0.15, 0.2) is 45.5 Å². The average molecular weight is 385 g/mol. The second-order valence-electron chi connectivity index (χ2n) is 3.62. The molecule has 0 N–H and O–H groups in total. The van der Waals surface area contributed by atoms with Gasteiger partial charge in [-0.15, -0.1) is 11.3 Å². The number of halogens is 2. The third kappa shape index (κ3) is 2.43. The molecule has 0 saturated carbocycles. The fourth-order valence-corrected chi connectivity index (χ4v) is 3.37. The molecule has 0 aliphatic rings. The zero-order valence-corrected chi connectivity index (χ0v) is 13.0. The van der Waals surface area contributed by atoms with E-state index in [1.54, 1.807) is 11.3 Å². The third-order valence-corrected chi connectivity index (χ3v) is 4.40. The van der Waals surface area contributed by atoms with E-state index in [-0.39, 0.29) is 0 Å². The molecule has 0 radical (unpaired) electrons. The van der Waals surface area contributed by atoms with Crippen LogP contribution in [0.5, 0.6) is 0 Å². The van der Waals surface area contributed by atoms with Crippen LogP contribution in [-0.2, 0) is 0 Å². The number of para-hydroxylation sites is 1. The summed E-state index contributed by atoms with van der Waals surface area (Å²) in [5.74, 6) is 0.779. The fourth-order valence-electron chi connectivity index (χ4n) is 1.57. The lowest BCUT2D eigenvalue weighted by Gasteiger charge is -1.91. The molecule has 0 unspecified atom stereocenters. The van der Waals surface area contributed by atoms with Crippen LogP contribution in [0, 0.1) is 0 Å². The van der Waals surface area contributed by atoms with Crippen molar-refractivity contribution in [3.8, 4) is 0 Å². The van der Waals surface area contributed by atoms with Gasteiger partial charge in [-0.2, -0.15) is 0 Å². The maximum atomic E-state index is 5.47. The number of nitrogens with zero attached hydrogens (tertiary/aromatic N) is 1. The van der Waals surface area contributed by atoms with Gasteiger partial charge >= 0.3 is 0 Å². The van der Waals surface area contributed by atoms with Crippen molar-refractivity contribution in [3.63, 3.8) is 0 Å². The van der Waals surface area contributed by atoms with Crippen molar-refractivity contribution in [1.29, 1.82) is 0 Å². The number of hydrogen-bond acceptors (Lipinski definition) is 3. The highest BCUT2D eigenvalue weighted by atomic mass is 79.9. The molecule has 0 saturated heterocycles. The van der Waals surface area contributed by atoms with Gasteiger partial charge in [0.2, 0.25) is 0 Å². The Kier molecular flexibility index (Phi) is 3.37. The number of rotatable bonds is 2. The van der Waals surface area contributed by atoms with Crippen LogP contribution in [0.4, 0.5) is 0 Å². The summed E-state index contributed by atoms with van der Waals surface area (Å²) in [6, 6.07) is 11.9. The highest BCUT2D eigenvalue weighted by Gasteiger charge is 2.06. The van der Waals surface area contributed by atoms with Gasteiger partial charge in [-0.3, -0.25) is 0 Å². The number of furan rings is 1. The summed E-state index contributed by atoms with van der Waals surface area (Å²) in [6.45, 7) is 0. The summed E-state index contributed by atoms with van der Waals surface area (Å²) in [4.78, 5) is 4.54. The van der Waals surface area contributed by atoms with Gasteiger partial charge < -0.3 is 4.42 Å². The first-order valence-electron chi connectivity index (χ1n) is 5.21.